The smallest absolute Gasteiger partial charge is 0.227 e. The van der Waals surface area contributed by atoms with E-state index in [2.05, 4.69) is 5.32 Å². The summed E-state index contributed by atoms with van der Waals surface area (Å²) in [5, 5.41) is 3.02. The molecule has 1 aliphatic heterocycles. The van der Waals surface area contributed by atoms with Gasteiger partial charge in [-0.1, -0.05) is 12.1 Å². The van der Waals surface area contributed by atoms with E-state index in [4.69, 9.17) is 9.47 Å². The molecule has 6 heteroatoms. The number of carbonyl (C=O) groups is 2. The lowest BCUT2D eigenvalue weighted by Gasteiger charge is -2.41. The minimum Gasteiger partial charge on any atom is -0.497 e. The fourth-order valence-electron chi connectivity index (χ4n) is 3.79. The lowest BCUT2D eigenvalue weighted by atomic mass is 9.83. The molecule has 29 heavy (non-hydrogen) atoms. The van der Waals surface area contributed by atoms with Crippen molar-refractivity contribution in [3.8, 4) is 11.5 Å². The molecule has 3 rings (SSSR count). The minimum absolute atomic E-state index is 0.00424. The molecule has 1 saturated heterocycles. The van der Waals surface area contributed by atoms with Crippen molar-refractivity contribution in [1.29, 1.82) is 0 Å². The van der Waals surface area contributed by atoms with Gasteiger partial charge in [0, 0.05) is 18.2 Å². The Kier molecular flexibility index (Phi) is 6.42. The van der Waals surface area contributed by atoms with Crippen LogP contribution >= 0.6 is 0 Å². The van der Waals surface area contributed by atoms with Crippen molar-refractivity contribution >= 4 is 17.5 Å². The van der Waals surface area contributed by atoms with E-state index >= 15 is 0 Å². The average molecular weight is 396 g/mol. The molecule has 2 aromatic carbocycles. The van der Waals surface area contributed by atoms with Crippen LogP contribution in [0.1, 0.15) is 38.3 Å². The first-order valence-electron chi connectivity index (χ1n) is 9.85. The largest absolute Gasteiger partial charge is 0.497 e. The SMILES string of the molecule is COc1ccc(C2C(C(=O)NC(C)C)CCC(=O)N2c2ccc(OC)cc2)cc1. The van der Waals surface area contributed by atoms with Crippen LogP contribution in [-0.4, -0.2) is 32.1 Å². The van der Waals surface area contributed by atoms with Crippen molar-refractivity contribution in [3.63, 3.8) is 0 Å². The number of nitrogens with one attached hydrogen (secondary N) is 1. The maximum Gasteiger partial charge on any atom is 0.227 e. The lowest BCUT2D eigenvalue weighted by Crippen LogP contribution is -2.49. The zero-order valence-corrected chi connectivity index (χ0v) is 17.3. The average Bonchev–Trinajstić information content (AvgIpc) is 2.73. The van der Waals surface area contributed by atoms with Crippen molar-refractivity contribution in [1.82, 2.24) is 5.32 Å². The highest BCUT2D eigenvalue weighted by atomic mass is 16.5. The van der Waals surface area contributed by atoms with Gasteiger partial charge in [0.05, 0.1) is 26.2 Å². The fraction of sp³-hybridized carbons (Fsp3) is 0.391. The zero-order chi connectivity index (χ0) is 21.0. The van der Waals surface area contributed by atoms with Crippen LogP contribution in [0.2, 0.25) is 0 Å². The first-order valence-corrected chi connectivity index (χ1v) is 9.85. The molecule has 2 amide bonds. The normalized spacial score (nSPS) is 19.2. The molecule has 1 N–H and O–H groups in total. The van der Waals surface area contributed by atoms with Crippen molar-refractivity contribution < 1.29 is 19.1 Å². The molecule has 154 valence electrons. The maximum atomic E-state index is 13.0. The van der Waals surface area contributed by atoms with Gasteiger partial charge in [-0.25, -0.2) is 0 Å². The van der Waals surface area contributed by atoms with Gasteiger partial charge in [-0.15, -0.1) is 0 Å². The van der Waals surface area contributed by atoms with Gasteiger partial charge in [0.15, 0.2) is 0 Å². The van der Waals surface area contributed by atoms with Crippen LogP contribution in [0.25, 0.3) is 0 Å². The molecular formula is C23H28N2O4. The van der Waals surface area contributed by atoms with Crippen LogP contribution in [0.3, 0.4) is 0 Å². The van der Waals surface area contributed by atoms with Gasteiger partial charge in [0.25, 0.3) is 0 Å². The van der Waals surface area contributed by atoms with Crippen molar-refractivity contribution in [2.24, 2.45) is 5.92 Å². The third-order valence-corrected chi connectivity index (χ3v) is 5.17. The van der Waals surface area contributed by atoms with E-state index < -0.39 is 6.04 Å². The summed E-state index contributed by atoms with van der Waals surface area (Å²) in [5.41, 5.74) is 1.65. The molecule has 0 aliphatic carbocycles. The van der Waals surface area contributed by atoms with E-state index in [0.717, 1.165) is 17.0 Å². The van der Waals surface area contributed by atoms with E-state index in [-0.39, 0.29) is 23.8 Å². The molecule has 0 bridgehead atoms. The predicted molar refractivity (Wildman–Crippen MR) is 112 cm³/mol. The Labute approximate surface area is 171 Å². The third kappa shape index (κ3) is 4.53. The Hall–Kier alpha value is -3.02. The summed E-state index contributed by atoms with van der Waals surface area (Å²) in [6, 6.07) is 14.6. The molecule has 0 radical (unpaired) electrons. The van der Waals surface area contributed by atoms with E-state index in [9.17, 15) is 9.59 Å². The van der Waals surface area contributed by atoms with Gasteiger partial charge in [-0.3, -0.25) is 9.59 Å². The Bertz CT molecular complexity index is 846. The first-order chi connectivity index (χ1) is 13.9. The van der Waals surface area contributed by atoms with Gasteiger partial charge in [0.2, 0.25) is 11.8 Å². The summed E-state index contributed by atoms with van der Waals surface area (Å²) in [5.74, 6) is 1.07. The van der Waals surface area contributed by atoms with Crippen LogP contribution in [-0.2, 0) is 9.59 Å². The molecule has 1 heterocycles. The third-order valence-electron chi connectivity index (χ3n) is 5.17. The number of anilines is 1. The summed E-state index contributed by atoms with van der Waals surface area (Å²) in [6.07, 6.45) is 0.843. The van der Waals surface area contributed by atoms with Crippen LogP contribution in [0.4, 0.5) is 5.69 Å². The highest BCUT2D eigenvalue weighted by Gasteiger charge is 2.41. The molecule has 0 aromatic heterocycles. The topological polar surface area (TPSA) is 67.9 Å². The minimum atomic E-state index is -0.394. The van der Waals surface area contributed by atoms with Crippen LogP contribution in [0.15, 0.2) is 48.5 Å². The standard InChI is InChI=1S/C23H28N2O4/c1-15(2)24-23(27)20-13-14-21(26)25(17-7-11-19(29-4)12-8-17)22(20)16-5-9-18(28-3)10-6-16/h5-12,15,20,22H,13-14H2,1-4H3,(H,24,27). The summed E-state index contributed by atoms with van der Waals surface area (Å²) >= 11 is 0. The number of ether oxygens (including phenoxy) is 2. The molecule has 1 aliphatic rings. The van der Waals surface area contributed by atoms with E-state index in [1.807, 2.05) is 62.4 Å². The second-order valence-corrected chi connectivity index (χ2v) is 7.49. The molecule has 2 aromatic rings. The number of benzene rings is 2. The number of hydrogen-bond acceptors (Lipinski definition) is 4. The summed E-state index contributed by atoms with van der Waals surface area (Å²) in [6.45, 7) is 3.88. The number of rotatable bonds is 6. The molecule has 2 atom stereocenters. The highest BCUT2D eigenvalue weighted by Crippen LogP contribution is 2.40. The van der Waals surface area contributed by atoms with Gasteiger partial charge in [-0.05, 0) is 62.2 Å². The maximum absolute atomic E-state index is 13.0. The van der Waals surface area contributed by atoms with Crippen molar-refractivity contribution in [2.45, 2.75) is 38.8 Å². The first kappa shape index (κ1) is 20.7. The van der Waals surface area contributed by atoms with Gasteiger partial charge < -0.3 is 19.7 Å². The number of carbonyl (C=O) groups excluding carboxylic acids is 2. The van der Waals surface area contributed by atoms with Crippen molar-refractivity contribution in [2.75, 3.05) is 19.1 Å². The Balaban J connectivity index is 2.05. The van der Waals surface area contributed by atoms with E-state index in [1.165, 1.54) is 0 Å². The van der Waals surface area contributed by atoms with E-state index in [1.54, 1.807) is 19.1 Å². The van der Waals surface area contributed by atoms with Crippen molar-refractivity contribution in [3.05, 3.63) is 54.1 Å². The Morgan fingerprint density at radius 3 is 2.07 bits per heavy atom. The zero-order valence-electron chi connectivity index (χ0n) is 17.3. The number of amides is 2. The molecule has 6 nitrogen and oxygen atoms in total. The second kappa shape index (κ2) is 8.99. The lowest BCUT2D eigenvalue weighted by molar-refractivity contribution is -0.129. The predicted octanol–water partition coefficient (Wildman–Crippen LogP) is 3.71. The summed E-state index contributed by atoms with van der Waals surface area (Å²) in [7, 11) is 3.22. The van der Waals surface area contributed by atoms with E-state index in [0.29, 0.717) is 18.6 Å². The van der Waals surface area contributed by atoms with Gasteiger partial charge in [-0.2, -0.15) is 0 Å². The number of methoxy groups -OCH3 is 2. The van der Waals surface area contributed by atoms with Gasteiger partial charge >= 0.3 is 0 Å². The number of piperidine rings is 1. The quantitative estimate of drug-likeness (QED) is 0.808. The van der Waals surface area contributed by atoms with Crippen LogP contribution < -0.4 is 19.7 Å². The monoisotopic (exact) mass is 396 g/mol. The molecular weight excluding hydrogens is 368 g/mol. The Morgan fingerprint density at radius 1 is 1.00 bits per heavy atom. The van der Waals surface area contributed by atoms with Gasteiger partial charge in [0.1, 0.15) is 11.5 Å². The molecule has 0 saturated carbocycles. The molecule has 1 fully saturated rings. The second-order valence-electron chi connectivity index (χ2n) is 7.49. The summed E-state index contributed by atoms with van der Waals surface area (Å²) < 4.78 is 10.5. The molecule has 2 unspecified atom stereocenters. The number of nitrogens with zero attached hydrogens (tertiary/aromatic N) is 1. The summed E-state index contributed by atoms with van der Waals surface area (Å²) in [4.78, 5) is 27.7. The fourth-order valence-corrected chi connectivity index (χ4v) is 3.79. The number of hydrogen-bond donors (Lipinski definition) is 1. The van der Waals surface area contributed by atoms with Crippen LogP contribution in [0, 0.1) is 5.92 Å². The highest BCUT2D eigenvalue weighted by molar-refractivity contribution is 5.97. The molecule has 0 spiro atoms. The Morgan fingerprint density at radius 2 is 1.55 bits per heavy atom. The van der Waals surface area contributed by atoms with Crippen LogP contribution in [0.5, 0.6) is 11.5 Å².